The Bertz CT molecular complexity index is 1110. The Morgan fingerprint density at radius 2 is 1.44 bits per heavy atom. The van der Waals surface area contributed by atoms with E-state index in [0.29, 0.717) is 11.6 Å². The van der Waals surface area contributed by atoms with Gasteiger partial charge in [-0.25, -0.2) is 8.42 Å². The van der Waals surface area contributed by atoms with E-state index in [9.17, 15) is 13.2 Å². The quantitative estimate of drug-likeness (QED) is 0.494. The summed E-state index contributed by atoms with van der Waals surface area (Å²) in [6.45, 7) is 5.83. The van der Waals surface area contributed by atoms with Crippen LogP contribution in [0.2, 0.25) is 0 Å². The number of sulfonamides is 1. The van der Waals surface area contributed by atoms with E-state index >= 15 is 0 Å². The molecular formula is C26H30N2O3S. The first-order valence-electron chi connectivity index (χ1n) is 10.8. The number of carbonyl (C=O) groups excluding carboxylic acids is 1. The molecule has 0 radical (unpaired) electrons. The highest BCUT2D eigenvalue weighted by Gasteiger charge is 2.28. The minimum Gasteiger partial charge on any atom is -0.348 e. The van der Waals surface area contributed by atoms with Crippen molar-refractivity contribution in [3.63, 3.8) is 0 Å². The standard InChI is InChI=1S/C26H30N2O3S/c1-20(2)18-25(22-10-6-4-7-11-22)27-26(29)19-28(23-16-14-21(3)15-17-23)32(30,31)24-12-8-5-9-13-24/h4-17,20,25H,18-19H2,1-3H3,(H,27,29)/t25-/m1/s1. The van der Waals surface area contributed by atoms with Gasteiger partial charge in [0, 0.05) is 0 Å². The number of amides is 1. The molecule has 0 aromatic heterocycles. The summed E-state index contributed by atoms with van der Waals surface area (Å²) >= 11 is 0. The molecule has 5 nitrogen and oxygen atoms in total. The molecule has 1 amide bonds. The van der Waals surface area contributed by atoms with Crippen molar-refractivity contribution in [1.29, 1.82) is 0 Å². The third kappa shape index (κ3) is 5.98. The fraction of sp³-hybridized carbons (Fsp3) is 0.269. The highest BCUT2D eigenvalue weighted by Crippen LogP contribution is 2.25. The monoisotopic (exact) mass is 450 g/mol. The van der Waals surface area contributed by atoms with E-state index in [1.807, 2.05) is 49.4 Å². The van der Waals surface area contributed by atoms with E-state index in [-0.39, 0.29) is 23.4 Å². The smallest absolute Gasteiger partial charge is 0.264 e. The lowest BCUT2D eigenvalue weighted by molar-refractivity contribution is -0.120. The van der Waals surface area contributed by atoms with E-state index in [0.717, 1.165) is 17.5 Å². The first kappa shape index (κ1) is 23.5. The average Bonchev–Trinajstić information content (AvgIpc) is 2.78. The van der Waals surface area contributed by atoms with Crippen LogP contribution >= 0.6 is 0 Å². The maximum Gasteiger partial charge on any atom is 0.264 e. The van der Waals surface area contributed by atoms with Crippen molar-refractivity contribution in [2.24, 2.45) is 5.92 Å². The van der Waals surface area contributed by atoms with Crippen molar-refractivity contribution in [1.82, 2.24) is 5.32 Å². The second kappa shape index (κ2) is 10.5. The summed E-state index contributed by atoms with van der Waals surface area (Å²) in [5.41, 5.74) is 2.47. The molecule has 0 spiro atoms. The Kier molecular flexibility index (Phi) is 7.70. The van der Waals surface area contributed by atoms with Gasteiger partial charge in [-0.15, -0.1) is 0 Å². The van der Waals surface area contributed by atoms with Crippen molar-refractivity contribution in [3.05, 3.63) is 96.1 Å². The Labute approximate surface area is 191 Å². The van der Waals surface area contributed by atoms with Crippen LogP contribution in [0, 0.1) is 12.8 Å². The minimum atomic E-state index is -3.91. The summed E-state index contributed by atoms with van der Waals surface area (Å²) in [6, 6.07) is 24.9. The van der Waals surface area contributed by atoms with Gasteiger partial charge in [-0.05, 0) is 49.1 Å². The van der Waals surface area contributed by atoms with E-state index in [4.69, 9.17) is 0 Å². The molecule has 1 atom stereocenters. The largest absolute Gasteiger partial charge is 0.348 e. The minimum absolute atomic E-state index is 0.148. The van der Waals surface area contributed by atoms with Gasteiger partial charge in [0.15, 0.2) is 0 Å². The van der Waals surface area contributed by atoms with Crippen molar-refractivity contribution >= 4 is 21.6 Å². The Morgan fingerprint density at radius 1 is 0.875 bits per heavy atom. The van der Waals surface area contributed by atoms with Gasteiger partial charge in [-0.1, -0.05) is 80.1 Å². The summed E-state index contributed by atoms with van der Waals surface area (Å²) in [4.78, 5) is 13.3. The molecule has 3 aromatic carbocycles. The number of hydrogen-bond donors (Lipinski definition) is 1. The van der Waals surface area contributed by atoms with Crippen LogP contribution in [0.25, 0.3) is 0 Å². The lowest BCUT2D eigenvalue weighted by Crippen LogP contribution is -2.42. The van der Waals surface area contributed by atoms with Crippen LogP contribution in [-0.4, -0.2) is 20.9 Å². The van der Waals surface area contributed by atoms with Crippen LogP contribution in [0.15, 0.2) is 89.8 Å². The van der Waals surface area contributed by atoms with Crippen molar-refractivity contribution < 1.29 is 13.2 Å². The van der Waals surface area contributed by atoms with Gasteiger partial charge < -0.3 is 5.32 Å². The van der Waals surface area contributed by atoms with E-state index in [1.165, 1.54) is 4.31 Å². The zero-order valence-electron chi connectivity index (χ0n) is 18.7. The lowest BCUT2D eigenvalue weighted by atomic mass is 9.97. The first-order chi connectivity index (χ1) is 15.3. The fourth-order valence-electron chi connectivity index (χ4n) is 3.55. The van der Waals surface area contributed by atoms with Gasteiger partial charge in [0.1, 0.15) is 6.54 Å². The summed E-state index contributed by atoms with van der Waals surface area (Å²) in [7, 11) is -3.91. The SMILES string of the molecule is Cc1ccc(N(CC(=O)N[C@H](CC(C)C)c2ccccc2)S(=O)(=O)c2ccccc2)cc1. The van der Waals surface area contributed by atoms with Crippen LogP contribution in [0.1, 0.15) is 37.4 Å². The third-order valence-electron chi connectivity index (χ3n) is 5.18. The molecule has 0 saturated heterocycles. The summed E-state index contributed by atoms with van der Waals surface area (Å²) in [5.74, 6) is 0.0151. The first-order valence-corrected chi connectivity index (χ1v) is 12.2. The fourth-order valence-corrected chi connectivity index (χ4v) is 4.99. The maximum atomic E-state index is 13.4. The van der Waals surface area contributed by atoms with Crippen LogP contribution in [-0.2, 0) is 14.8 Å². The van der Waals surface area contributed by atoms with Crippen molar-refractivity contribution in [2.75, 3.05) is 10.8 Å². The van der Waals surface area contributed by atoms with Crippen LogP contribution in [0.5, 0.6) is 0 Å². The zero-order valence-corrected chi connectivity index (χ0v) is 19.5. The van der Waals surface area contributed by atoms with Crippen LogP contribution < -0.4 is 9.62 Å². The molecule has 6 heteroatoms. The van der Waals surface area contributed by atoms with E-state index in [1.54, 1.807) is 42.5 Å². The molecule has 32 heavy (non-hydrogen) atoms. The average molecular weight is 451 g/mol. The van der Waals surface area contributed by atoms with E-state index < -0.39 is 10.0 Å². The van der Waals surface area contributed by atoms with Gasteiger partial charge in [0.2, 0.25) is 5.91 Å². The molecule has 0 saturated carbocycles. The number of aryl methyl sites for hydroxylation is 1. The predicted molar refractivity (Wildman–Crippen MR) is 129 cm³/mol. The number of rotatable bonds is 9. The topological polar surface area (TPSA) is 66.5 Å². The van der Waals surface area contributed by atoms with Gasteiger partial charge in [-0.2, -0.15) is 0 Å². The summed E-state index contributed by atoms with van der Waals surface area (Å²) in [5, 5.41) is 3.05. The number of benzene rings is 3. The van der Waals surface area contributed by atoms with E-state index in [2.05, 4.69) is 19.2 Å². The second-order valence-corrected chi connectivity index (χ2v) is 10.2. The number of nitrogens with zero attached hydrogens (tertiary/aromatic N) is 1. The molecule has 3 aromatic rings. The normalized spacial score (nSPS) is 12.4. The zero-order chi connectivity index (χ0) is 23.1. The molecule has 0 aliphatic heterocycles. The molecule has 1 N–H and O–H groups in total. The predicted octanol–water partition coefficient (Wildman–Crippen LogP) is 5.09. The second-order valence-electron chi connectivity index (χ2n) is 8.32. The number of nitrogens with one attached hydrogen (secondary N) is 1. The summed E-state index contributed by atoms with van der Waals surface area (Å²) < 4.78 is 28.0. The highest BCUT2D eigenvalue weighted by molar-refractivity contribution is 7.92. The maximum absolute atomic E-state index is 13.4. The molecular weight excluding hydrogens is 420 g/mol. The van der Waals surface area contributed by atoms with Crippen molar-refractivity contribution in [3.8, 4) is 0 Å². The molecule has 0 unspecified atom stereocenters. The summed E-state index contributed by atoms with van der Waals surface area (Å²) in [6.07, 6.45) is 0.756. The van der Waals surface area contributed by atoms with Gasteiger partial charge in [-0.3, -0.25) is 9.10 Å². The Morgan fingerprint density at radius 3 is 2.00 bits per heavy atom. The molecule has 0 aliphatic carbocycles. The Hall–Kier alpha value is -3.12. The number of anilines is 1. The number of hydrogen-bond acceptors (Lipinski definition) is 3. The lowest BCUT2D eigenvalue weighted by Gasteiger charge is -2.26. The molecule has 168 valence electrons. The third-order valence-corrected chi connectivity index (χ3v) is 6.97. The van der Waals surface area contributed by atoms with Gasteiger partial charge in [0.05, 0.1) is 16.6 Å². The van der Waals surface area contributed by atoms with Crippen molar-refractivity contribution in [2.45, 2.75) is 38.1 Å². The van der Waals surface area contributed by atoms with Gasteiger partial charge >= 0.3 is 0 Å². The molecule has 3 rings (SSSR count). The molecule has 0 fully saturated rings. The molecule has 0 heterocycles. The van der Waals surface area contributed by atoms with Gasteiger partial charge in [0.25, 0.3) is 10.0 Å². The highest BCUT2D eigenvalue weighted by atomic mass is 32.2. The molecule has 0 aliphatic rings. The molecule has 0 bridgehead atoms. The number of carbonyl (C=O) groups is 1. The Balaban J connectivity index is 1.90. The van der Waals surface area contributed by atoms with Crippen LogP contribution in [0.3, 0.4) is 0 Å². The van der Waals surface area contributed by atoms with Crippen LogP contribution in [0.4, 0.5) is 5.69 Å².